The van der Waals surface area contributed by atoms with Gasteiger partial charge in [0.15, 0.2) is 0 Å². The maximum atomic E-state index is 11.1. The third-order valence-electron chi connectivity index (χ3n) is 4.29. The van der Waals surface area contributed by atoms with Crippen LogP contribution in [0.3, 0.4) is 0 Å². The molecule has 5 nitrogen and oxygen atoms in total. The maximum Gasteiger partial charge on any atom is 0.209 e. The molecule has 1 fully saturated rings. The van der Waals surface area contributed by atoms with Gasteiger partial charge in [-0.2, -0.15) is 0 Å². The van der Waals surface area contributed by atoms with Gasteiger partial charge in [-0.15, -0.1) is 0 Å². The van der Waals surface area contributed by atoms with Crippen LogP contribution in [0.2, 0.25) is 0 Å². The number of methoxy groups -OCH3 is 1. The first-order valence-electron chi connectivity index (χ1n) is 7.78. The van der Waals surface area contributed by atoms with Crippen LogP contribution >= 0.6 is 0 Å². The van der Waals surface area contributed by atoms with Crippen molar-refractivity contribution in [3.05, 3.63) is 29.8 Å². The Bertz CT molecular complexity index is 589. The largest absolute Gasteiger partial charge is 0.496 e. The Morgan fingerprint density at radius 3 is 2.73 bits per heavy atom. The van der Waals surface area contributed by atoms with E-state index in [4.69, 9.17) is 9.88 Å². The summed E-state index contributed by atoms with van der Waals surface area (Å²) in [4.78, 5) is 2.37. The molecule has 0 bridgehead atoms. The number of primary sulfonamides is 1. The average Bonchev–Trinajstić information content (AvgIpc) is 2.46. The van der Waals surface area contributed by atoms with Gasteiger partial charge in [-0.1, -0.05) is 25.1 Å². The van der Waals surface area contributed by atoms with Gasteiger partial charge in [-0.05, 0) is 37.8 Å². The zero-order valence-electron chi connectivity index (χ0n) is 13.4. The van der Waals surface area contributed by atoms with E-state index in [2.05, 4.69) is 17.9 Å². The lowest BCUT2D eigenvalue weighted by atomic mass is 9.89. The minimum atomic E-state index is -3.38. The van der Waals surface area contributed by atoms with Crippen molar-refractivity contribution in [2.75, 3.05) is 26.0 Å². The first kappa shape index (κ1) is 17.2. The summed E-state index contributed by atoms with van der Waals surface area (Å²) >= 11 is 0. The second kappa shape index (κ2) is 7.44. The summed E-state index contributed by atoms with van der Waals surface area (Å²) in [6, 6.07) is 8.37. The lowest BCUT2D eigenvalue weighted by Gasteiger charge is -2.39. The van der Waals surface area contributed by atoms with E-state index >= 15 is 0 Å². The fraction of sp³-hybridized carbons (Fsp3) is 0.625. The van der Waals surface area contributed by atoms with Gasteiger partial charge in [-0.3, -0.25) is 4.90 Å². The molecule has 0 amide bonds. The second-order valence-corrected chi connectivity index (χ2v) is 7.89. The van der Waals surface area contributed by atoms with Crippen LogP contribution in [0.25, 0.3) is 0 Å². The van der Waals surface area contributed by atoms with Crippen LogP contribution in [0.1, 0.15) is 37.8 Å². The van der Waals surface area contributed by atoms with Crippen LogP contribution in [-0.2, 0) is 10.0 Å². The highest BCUT2D eigenvalue weighted by Crippen LogP contribution is 2.37. The molecule has 1 heterocycles. The van der Waals surface area contributed by atoms with Crippen LogP contribution < -0.4 is 9.88 Å². The van der Waals surface area contributed by atoms with Crippen molar-refractivity contribution in [3.63, 3.8) is 0 Å². The van der Waals surface area contributed by atoms with Crippen molar-refractivity contribution >= 4 is 10.0 Å². The van der Waals surface area contributed by atoms with E-state index in [9.17, 15) is 8.42 Å². The van der Waals surface area contributed by atoms with Crippen LogP contribution in [-0.4, -0.2) is 39.3 Å². The fourth-order valence-corrected chi connectivity index (χ4v) is 3.79. The molecule has 1 aliphatic heterocycles. The molecule has 0 unspecified atom stereocenters. The lowest BCUT2D eigenvalue weighted by Crippen LogP contribution is -2.38. The summed E-state index contributed by atoms with van der Waals surface area (Å²) in [6.07, 6.45) is 2.81. The van der Waals surface area contributed by atoms with Crippen molar-refractivity contribution in [2.45, 2.75) is 32.2 Å². The van der Waals surface area contributed by atoms with Crippen LogP contribution in [0, 0.1) is 5.92 Å². The molecule has 2 atom stereocenters. The van der Waals surface area contributed by atoms with Crippen molar-refractivity contribution < 1.29 is 13.2 Å². The predicted octanol–water partition coefficient (Wildman–Crippen LogP) is 2.15. The Labute approximate surface area is 133 Å². The molecule has 2 N–H and O–H groups in total. The van der Waals surface area contributed by atoms with Gasteiger partial charge in [0.2, 0.25) is 10.0 Å². The molecule has 1 aromatic rings. The number of sulfonamides is 1. The molecule has 1 aromatic carbocycles. The molecule has 1 saturated heterocycles. The summed E-state index contributed by atoms with van der Waals surface area (Å²) in [7, 11) is -1.69. The summed E-state index contributed by atoms with van der Waals surface area (Å²) < 4.78 is 27.7. The van der Waals surface area contributed by atoms with E-state index < -0.39 is 10.0 Å². The Morgan fingerprint density at radius 1 is 1.32 bits per heavy atom. The number of para-hydroxylation sites is 1. The maximum absolute atomic E-state index is 11.1. The Morgan fingerprint density at radius 2 is 2.05 bits per heavy atom. The molecule has 0 saturated carbocycles. The molecule has 0 radical (unpaired) electrons. The fourth-order valence-electron chi connectivity index (χ4n) is 3.25. The Kier molecular flexibility index (Phi) is 5.83. The lowest BCUT2D eigenvalue weighted by molar-refractivity contribution is 0.112. The summed E-state index contributed by atoms with van der Waals surface area (Å²) in [6.45, 7) is 3.96. The van der Waals surface area contributed by atoms with E-state index in [0.29, 0.717) is 12.3 Å². The Balaban J connectivity index is 2.12. The Hall–Kier alpha value is -1.11. The third kappa shape index (κ3) is 4.69. The number of hydrogen-bond donors (Lipinski definition) is 1. The van der Waals surface area contributed by atoms with Crippen molar-refractivity contribution in [2.24, 2.45) is 11.1 Å². The van der Waals surface area contributed by atoms with E-state index in [0.717, 1.165) is 25.3 Å². The molecule has 6 heteroatoms. The summed E-state index contributed by atoms with van der Waals surface area (Å²) in [5.41, 5.74) is 1.19. The topological polar surface area (TPSA) is 72.6 Å². The molecule has 0 spiro atoms. The number of nitrogens with two attached hydrogens (primary N) is 1. The van der Waals surface area contributed by atoms with Crippen LogP contribution in [0.15, 0.2) is 24.3 Å². The predicted molar refractivity (Wildman–Crippen MR) is 88.3 cm³/mol. The molecule has 22 heavy (non-hydrogen) atoms. The summed E-state index contributed by atoms with van der Waals surface area (Å²) in [5.74, 6) is 1.57. The standard InChI is InChI=1S/C16H26N2O3S/c1-13-8-9-15(14-6-3-4-7-16(14)21-2)18(12-13)10-5-11-22(17,19)20/h3-4,6-7,13,15H,5,8-12H2,1-2H3,(H2,17,19,20)/t13-,15+/m1/s1. The smallest absolute Gasteiger partial charge is 0.209 e. The number of rotatable bonds is 6. The monoisotopic (exact) mass is 326 g/mol. The highest BCUT2D eigenvalue weighted by molar-refractivity contribution is 7.89. The van der Waals surface area contributed by atoms with Gasteiger partial charge in [0, 0.05) is 18.2 Å². The number of benzene rings is 1. The second-order valence-electron chi connectivity index (χ2n) is 6.16. The number of hydrogen-bond acceptors (Lipinski definition) is 4. The summed E-state index contributed by atoms with van der Waals surface area (Å²) in [5, 5.41) is 5.10. The number of nitrogens with zero attached hydrogens (tertiary/aromatic N) is 1. The van der Waals surface area contributed by atoms with Gasteiger partial charge in [0.25, 0.3) is 0 Å². The number of likely N-dealkylation sites (tertiary alicyclic amines) is 1. The molecule has 1 aliphatic rings. The zero-order chi connectivity index (χ0) is 16.2. The van der Waals surface area contributed by atoms with Gasteiger partial charge >= 0.3 is 0 Å². The van der Waals surface area contributed by atoms with Gasteiger partial charge in [0.05, 0.1) is 12.9 Å². The molecule has 124 valence electrons. The van der Waals surface area contributed by atoms with E-state index in [-0.39, 0.29) is 11.8 Å². The molecular formula is C16H26N2O3S. The number of ether oxygens (including phenoxy) is 1. The van der Waals surface area contributed by atoms with E-state index in [1.165, 1.54) is 12.0 Å². The van der Waals surface area contributed by atoms with Crippen molar-refractivity contribution in [3.8, 4) is 5.75 Å². The van der Waals surface area contributed by atoms with Crippen LogP contribution in [0.4, 0.5) is 0 Å². The normalized spacial score (nSPS) is 23.4. The van der Waals surface area contributed by atoms with Crippen LogP contribution in [0.5, 0.6) is 5.75 Å². The minimum absolute atomic E-state index is 0.0382. The van der Waals surface area contributed by atoms with Gasteiger partial charge < -0.3 is 4.74 Å². The third-order valence-corrected chi connectivity index (χ3v) is 5.15. The molecule has 0 aliphatic carbocycles. The SMILES string of the molecule is COc1ccccc1[C@@H]1CC[C@@H](C)CN1CCCS(N)(=O)=O. The molecule has 2 rings (SSSR count). The minimum Gasteiger partial charge on any atom is -0.496 e. The first-order chi connectivity index (χ1) is 10.4. The zero-order valence-corrected chi connectivity index (χ0v) is 14.2. The highest BCUT2D eigenvalue weighted by atomic mass is 32.2. The molecule has 0 aromatic heterocycles. The van der Waals surface area contributed by atoms with Crippen molar-refractivity contribution in [1.82, 2.24) is 4.90 Å². The van der Waals surface area contributed by atoms with Gasteiger partial charge in [0.1, 0.15) is 5.75 Å². The van der Waals surface area contributed by atoms with Gasteiger partial charge in [-0.25, -0.2) is 13.6 Å². The first-order valence-corrected chi connectivity index (χ1v) is 9.49. The quantitative estimate of drug-likeness (QED) is 0.869. The van der Waals surface area contributed by atoms with E-state index in [1.54, 1.807) is 7.11 Å². The molecular weight excluding hydrogens is 300 g/mol. The average molecular weight is 326 g/mol. The van der Waals surface area contributed by atoms with E-state index in [1.807, 2.05) is 18.2 Å². The number of piperidine rings is 1. The van der Waals surface area contributed by atoms with Crippen molar-refractivity contribution in [1.29, 1.82) is 0 Å². The highest BCUT2D eigenvalue weighted by Gasteiger charge is 2.29.